The summed E-state index contributed by atoms with van der Waals surface area (Å²) >= 11 is 5.19. The standard InChI is InChI=1S/C17H20BrNOS/c1-2-16(13-8-10-14(18)11-9-13)19-17(20)7-3-5-15-6-4-12-21-15/h4,6,8-12,16H,2-3,5,7H2,1H3,(H,19,20). The predicted octanol–water partition coefficient (Wildman–Crippen LogP) is 5.10. The predicted molar refractivity (Wildman–Crippen MR) is 92.6 cm³/mol. The number of thiophene rings is 1. The maximum atomic E-state index is 12.1. The van der Waals surface area contributed by atoms with E-state index in [1.165, 1.54) is 4.88 Å². The molecule has 0 aliphatic carbocycles. The van der Waals surface area contributed by atoms with E-state index < -0.39 is 0 Å². The Balaban J connectivity index is 1.80. The molecule has 4 heteroatoms. The zero-order chi connectivity index (χ0) is 15.1. The summed E-state index contributed by atoms with van der Waals surface area (Å²) in [6.07, 6.45) is 3.38. The minimum atomic E-state index is 0.104. The highest BCUT2D eigenvalue weighted by atomic mass is 79.9. The highest BCUT2D eigenvalue weighted by Crippen LogP contribution is 2.20. The topological polar surface area (TPSA) is 29.1 Å². The van der Waals surface area contributed by atoms with Gasteiger partial charge in [-0.3, -0.25) is 4.79 Å². The van der Waals surface area contributed by atoms with Crippen molar-refractivity contribution in [2.45, 2.75) is 38.6 Å². The van der Waals surface area contributed by atoms with E-state index in [-0.39, 0.29) is 11.9 Å². The molecule has 1 amide bonds. The third-order valence-electron chi connectivity index (χ3n) is 3.42. The van der Waals surface area contributed by atoms with Gasteiger partial charge in [0.1, 0.15) is 0 Å². The maximum absolute atomic E-state index is 12.1. The number of aryl methyl sites for hydroxylation is 1. The minimum absolute atomic E-state index is 0.104. The Morgan fingerprint density at radius 1 is 1.29 bits per heavy atom. The molecule has 0 aliphatic rings. The number of hydrogen-bond acceptors (Lipinski definition) is 2. The maximum Gasteiger partial charge on any atom is 0.220 e. The van der Waals surface area contributed by atoms with Crippen molar-refractivity contribution in [2.75, 3.05) is 0 Å². The van der Waals surface area contributed by atoms with Crippen LogP contribution in [0.15, 0.2) is 46.3 Å². The lowest BCUT2D eigenvalue weighted by Gasteiger charge is -2.17. The lowest BCUT2D eigenvalue weighted by atomic mass is 10.0. The Morgan fingerprint density at radius 2 is 2.05 bits per heavy atom. The number of carbonyl (C=O) groups is 1. The fourth-order valence-corrected chi connectivity index (χ4v) is 3.28. The first kappa shape index (κ1) is 16.2. The molecule has 0 spiro atoms. The molecule has 1 unspecified atom stereocenters. The van der Waals surface area contributed by atoms with Crippen LogP contribution in [-0.4, -0.2) is 5.91 Å². The molecule has 0 radical (unpaired) electrons. The summed E-state index contributed by atoms with van der Waals surface area (Å²) in [6, 6.07) is 12.4. The van der Waals surface area contributed by atoms with E-state index >= 15 is 0 Å². The number of rotatable bonds is 7. The molecular weight excluding hydrogens is 346 g/mol. The van der Waals surface area contributed by atoms with Gasteiger partial charge < -0.3 is 5.32 Å². The lowest BCUT2D eigenvalue weighted by Crippen LogP contribution is -2.27. The van der Waals surface area contributed by atoms with Crippen molar-refractivity contribution in [3.05, 3.63) is 56.7 Å². The van der Waals surface area contributed by atoms with Gasteiger partial charge in [0.15, 0.2) is 0 Å². The van der Waals surface area contributed by atoms with E-state index in [0.717, 1.165) is 29.3 Å². The quantitative estimate of drug-likeness (QED) is 0.726. The average molecular weight is 366 g/mol. The molecule has 1 aromatic carbocycles. The molecule has 0 aliphatic heterocycles. The van der Waals surface area contributed by atoms with Gasteiger partial charge in [-0.15, -0.1) is 11.3 Å². The molecule has 112 valence electrons. The molecule has 2 nitrogen and oxygen atoms in total. The number of benzene rings is 1. The molecule has 2 rings (SSSR count). The van der Waals surface area contributed by atoms with Crippen LogP contribution in [0.1, 0.15) is 42.7 Å². The normalized spacial score (nSPS) is 12.1. The van der Waals surface area contributed by atoms with E-state index in [1.54, 1.807) is 11.3 Å². The van der Waals surface area contributed by atoms with Crippen molar-refractivity contribution < 1.29 is 4.79 Å². The van der Waals surface area contributed by atoms with Crippen LogP contribution in [0.25, 0.3) is 0 Å². The van der Waals surface area contributed by atoms with Crippen molar-refractivity contribution in [1.29, 1.82) is 0 Å². The van der Waals surface area contributed by atoms with Gasteiger partial charge in [-0.25, -0.2) is 0 Å². The Bertz CT molecular complexity index is 551. The van der Waals surface area contributed by atoms with Crippen LogP contribution in [-0.2, 0) is 11.2 Å². The number of halogens is 1. The van der Waals surface area contributed by atoms with Gasteiger partial charge in [0, 0.05) is 15.8 Å². The molecule has 1 heterocycles. The van der Waals surface area contributed by atoms with Crippen LogP contribution < -0.4 is 5.32 Å². The molecular formula is C17H20BrNOS. The fraction of sp³-hybridized carbons (Fsp3) is 0.353. The van der Waals surface area contributed by atoms with Crippen molar-refractivity contribution in [3.8, 4) is 0 Å². The van der Waals surface area contributed by atoms with Gasteiger partial charge in [-0.05, 0) is 48.4 Å². The number of carbonyl (C=O) groups excluding carboxylic acids is 1. The van der Waals surface area contributed by atoms with Crippen LogP contribution in [0.2, 0.25) is 0 Å². The first-order chi connectivity index (χ1) is 10.2. The highest BCUT2D eigenvalue weighted by molar-refractivity contribution is 9.10. The summed E-state index contributed by atoms with van der Waals surface area (Å²) in [7, 11) is 0. The monoisotopic (exact) mass is 365 g/mol. The van der Waals surface area contributed by atoms with Gasteiger partial charge in [-0.1, -0.05) is 41.1 Å². The molecule has 1 N–H and O–H groups in total. The second-order valence-electron chi connectivity index (χ2n) is 5.01. The Kier molecular flexibility index (Phi) is 6.46. The zero-order valence-corrected chi connectivity index (χ0v) is 14.5. The lowest BCUT2D eigenvalue weighted by molar-refractivity contribution is -0.121. The first-order valence-corrected chi connectivity index (χ1v) is 8.93. The van der Waals surface area contributed by atoms with Crippen LogP contribution in [0.3, 0.4) is 0 Å². The second-order valence-corrected chi connectivity index (χ2v) is 6.96. The summed E-state index contributed by atoms with van der Waals surface area (Å²) in [5.41, 5.74) is 1.16. The SMILES string of the molecule is CCC(NC(=O)CCCc1cccs1)c1ccc(Br)cc1. The summed E-state index contributed by atoms with van der Waals surface area (Å²) in [6.45, 7) is 2.10. The molecule has 2 aromatic rings. The molecule has 0 fully saturated rings. The third-order valence-corrected chi connectivity index (χ3v) is 4.89. The van der Waals surface area contributed by atoms with Gasteiger partial charge in [0.2, 0.25) is 5.91 Å². The first-order valence-electron chi connectivity index (χ1n) is 7.26. The largest absolute Gasteiger partial charge is 0.349 e. The van der Waals surface area contributed by atoms with Gasteiger partial charge in [-0.2, -0.15) is 0 Å². The average Bonchev–Trinajstić information content (AvgIpc) is 2.99. The Hall–Kier alpha value is -1.13. The van der Waals surface area contributed by atoms with E-state index in [1.807, 2.05) is 12.1 Å². The smallest absolute Gasteiger partial charge is 0.220 e. The number of amides is 1. The van der Waals surface area contributed by atoms with Crippen LogP contribution in [0.5, 0.6) is 0 Å². The summed E-state index contributed by atoms with van der Waals surface area (Å²) in [5.74, 6) is 0.140. The van der Waals surface area contributed by atoms with E-state index in [2.05, 4.69) is 57.8 Å². The number of nitrogens with one attached hydrogen (secondary N) is 1. The van der Waals surface area contributed by atoms with Crippen LogP contribution >= 0.6 is 27.3 Å². The molecule has 0 bridgehead atoms. The van der Waals surface area contributed by atoms with Crippen molar-refractivity contribution in [1.82, 2.24) is 5.32 Å². The third kappa shape index (κ3) is 5.29. The molecule has 1 atom stereocenters. The summed E-state index contributed by atoms with van der Waals surface area (Å²) < 4.78 is 1.06. The Morgan fingerprint density at radius 3 is 2.67 bits per heavy atom. The van der Waals surface area contributed by atoms with Gasteiger partial charge in [0.05, 0.1) is 6.04 Å². The van der Waals surface area contributed by atoms with Crippen molar-refractivity contribution >= 4 is 33.2 Å². The minimum Gasteiger partial charge on any atom is -0.349 e. The fourth-order valence-electron chi connectivity index (χ4n) is 2.26. The highest BCUT2D eigenvalue weighted by Gasteiger charge is 2.12. The molecule has 0 saturated heterocycles. The molecule has 21 heavy (non-hydrogen) atoms. The number of hydrogen-bond donors (Lipinski definition) is 1. The van der Waals surface area contributed by atoms with Gasteiger partial charge >= 0.3 is 0 Å². The summed E-state index contributed by atoms with van der Waals surface area (Å²) in [4.78, 5) is 13.4. The van der Waals surface area contributed by atoms with Gasteiger partial charge in [0.25, 0.3) is 0 Å². The van der Waals surface area contributed by atoms with E-state index in [9.17, 15) is 4.79 Å². The van der Waals surface area contributed by atoms with Crippen LogP contribution in [0.4, 0.5) is 0 Å². The van der Waals surface area contributed by atoms with E-state index in [0.29, 0.717) is 6.42 Å². The van der Waals surface area contributed by atoms with Crippen molar-refractivity contribution in [2.24, 2.45) is 0 Å². The van der Waals surface area contributed by atoms with Crippen LogP contribution in [0, 0.1) is 0 Å². The Labute approximate surface area is 138 Å². The second kappa shape index (κ2) is 8.35. The molecule has 0 saturated carbocycles. The zero-order valence-electron chi connectivity index (χ0n) is 12.1. The van der Waals surface area contributed by atoms with E-state index in [4.69, 9.17) is 0 Å². The summed E-state index contributed by atoms with van der Waals surface area (Å²) in [5, 5.41) is 5.21. The molecule has 1 aromatic heterocycles. The van der Waals surface area contributed by atoms with Crippen molar-refractivity contribution in [3.63, 3.8) is 0 Å².